The van der Waals surface area contributed by atoms with E-state index in [2.05, 4.69) is 30.4 Å². The number of halogens is 3. The highest BCUT2D eigenvalue weighted by molar-refractivity contribution is 6.07. The van der Waals surface area contributed by atoms with E-state index >= 15 is 0 Å². The van der Waals surface area contributed by atoms with Gasteiger partial charge in [0, 0.05) is 23.6 Å². The molecule has 0 fully saturated rings. The quantitative estimate of drug-likeness (QED) is 0.301. The van der Waals surface area contributed by atoms with Gasteiger partial charge in [-0.15, -0.1) is 0 Å². The Morgan fingerprint density at radius 1 is 1.20 bits per heavy atom. The van der Waals surface area contributed by atoms with Gasteiger partial charge < -0.3 is 21.4 Å². The number of benzene rings is 1. The number of imidazole rings is 1. The number of hydrogen-bond donors (Lipinski definition) is 4. The van der Waals surface area contributed by atoms with Crippen molar-refractivity contribution < 1.29 is 18.0 Å². The standard InChI is InChI=1S/C22H18F3N9O/c1-11-6-15-19(27-7-11)33-21(32-15)31-13-4-2-12(3-5-13)16-14(20(35)28-9-22(23,24)25)8-34-17(16)18(26)29-10-30-34/h2-8,10H,9H2,1H3,(H,28,35)(H2,26,29,30)(H2,27,31,32,33). The summed E-state index contributed by atoms with van der Waals surface area (Å²) in [6.45, 7) is 0.460. The molecule has 13 heteroatoms. The third kappa shape index (κ3) is 4.43. The Balaban J connectivity index is 1.48. The van der Waals surface area contributed by atoms with E-state index in [1.165, 1.54) is 17.0 Å². The lowest BCUT2D eigenvalue weighted by atomic mass is 10.0. The van der Waals surface area contributed by atoms with Gasteiger partial charge in [0.2, 0.25) is 5.95 Å². The number of nitrogens with one attached hydrogen (secondary N) is 3. The maximum Gasteiger partial charge on any atom is 0.405 e. The van der Waals surface area contributed by atoms with Gasteiger partial charge in [0.15, 0.2) is 11.5 Å². The summed E-state index contributed by atoms with van der Waals surface area (Å²) < 4.78 is 39.3. The van der Waals surface area contributed by atoms with E-state index in [1.807, 2.05) is 18.3 Å². The molecular weight excluding hydrogens is 463 g/mol. The topological polar surface area (TPSA) is 139 Å². The molecule has 0 unspecified atom stereocenters. The van der Waals surface area contributed by atoms with Crippen LogP contribution in [0.5, 0.6) is 0 Å². The highest BCUT2D eigenvalue weighted by Gasteiger charge is 2.29. The van der Waals surface area contributed by atoms with Crippen LogP contribution in [-0.2, 0) is 0 Å². The molecule has 5 rings (SSSR count). The monoisotopic (exact) mass is 481 g/mol. The van der Waals surface area contributed by atoms with Crippen LogP contribution in [0.1, 0.15) is 15.9 Å². The van der Waals surface area contributed by atoms with Crippen molar-refractivity contribution in [1.29, 1.82) is 0 Å². The number of hydrogen-bond acceptors (Lipinski definition) is 7. The van der Waals surface area contributed by atoms with Crippen LogP contribution in [0.4, 0.5) is 30.6 Å². The second kappa shape index (κ2) is 8.27. The normalized spacial score (nSPS) is 11.8. The molecule has 0 bridgehead atoms. The predicted octanol–water partition coefficient (Wildman–Crippen LogP) is 3.59. The number of aromatic amines is 1. The average Bonchev–Trinajstić information content (AvgIpc) is 3.39. The Bertz CT molecular complexity index is 1550. The van der Waals surface area contributed by atoms with Crippen LogP contribution < -0.4 is 16.4 Å². The average molecular weight is 481 g/mol. The first-order valence-corrected chi connectivity index (χ1v) is 10.3. The lowest BCUT2D eigenvalue weighted by Gasteiger charge is -2.10. The number of rotatable bonds is 5. The highest BCUT2D eigenvalue weighted by Crippen LogP contribution is 2.33. The van der Waals surface area contributed by atoms with Gasteiger partial charge >= 0.3 is 6.18 Å². The summed E-state index contributed by atoms with van der Waals surface area (Å²) in [4.78, 5) is 28.4. The number of aromatic nitrogens is 6. The van der Waals surface area contributed by atoms with Gasteiger partial charge in [-0.3, -0.25) is 4.79 Å². The number of alkyl halides is 3. The number of nitrogens with two attached hydrogens (primary N) is 1. The van der Waals surface area contributed by atoms with Crippen molar-refractivity contribution in [1.82, 2.24) is 34.9 Å². The minimum Gasteiger partial charge on any atom is -0.382 e. The van der Waals surface area contributed by atoms with Crippen molar-refractivity contribution in [2.75, 3.05) is 17.6 Å². The third-order valence-electron chi connectivity index (χ3n) is 5.21. The summed E-state index contributed by atoms with van der Waals surface area (Å²) in [6.07, 6.45) is -0.296. The molecular formula is C22H18F3N9O. The molecule has 4 aromatic heterocycles. The van der Waals surface area contributed by atoms with Gasteiger partial charge in [0.05, 0.1) is 5.56 Å². The maximum absolute atomic E-state index is 12.7. The second-order valence-corrected chi connectivity index (χ2v) is 7.82. The van der Waals surface area contributed by atoms with Gasteiger partial charge in [-0.2, -0.15) is 18.3 Å². The molecule has 4 heterocycles. The van der Waals surface area contributed by atoms with E-state index in [0.717, 1.165) is 11.1 Å². The summed E-state index contributed by atoms with van der Waals surface area (Å²) >= 11 is 0. The number of amides is 1. The van der Waals surface area contributed by atoms with Crippen LogP contribution in [0.15, 0.2) is 49.1 Å². The van der Waals surface area contributed by atoms with Crippen molar-refractivity contribution >= 4 is 40.0 Å². The van der Waals surface area contributed by atoms with Crippen LogP contribution in [-0.4, -0.2) is 48.2 Å². The van der Waals surface area contributed by atoms with Crippen LogP contribution in [0, 0.1) is 6.92 Å². The number of nitrogens with zero attached hydrogens (tertiary/aromatic N) is 5. The van der Waals surface area contributed by atoms with Crippen LogP contribution in [0.2, 0.25) is 0 Å². The first-order valence-electron chi connectivity index (χ1n) is 10.3. The van der Waals surface area contributed by atoms with Crippen LogP contribution >= 0.6 is 0 Å². The zero-order chi connectivity index (χ0) is 24.7. The molecule has 5 N–H and O–H groups in total. The third-order valence-corrected chi connectivity index (χ3v) is 5.21. The Hall–Kier alpha value is -4.68. The van der Waals surface area contributed by atoms with Gasteiger partial charge in [-0.1, -0.05) is 12.1 Å². The molecule has 0 saturated heterocycles. The Morgan fingerprint density at radius 2 is 1.97 bits per heavy atom. The predicted molar refractivity (Wildman–Crippen MR) is 123 cm³/mol. The molecule has 0 aliphatic heterocycles. The fourth-order valence-corrected chi connectivity index (χ4v) is 3.69. The van der Waals surface area contributed by atoms with Crippen molar-refractivity contribution in [2.24, 2.45) is 0 Å². The zero-order valence-corrected chi connectivity index (χ0v) is 18.2. The summed E-state index contributed by atoms with van der Waals surface area (Å²) in [6, 6.07) is 8.79. The molecule has 10 nitrogen and oxygen atoms in total. The number of nitrogen functional groups attached to an aromatic ring is 1. The van der Waals surface area contributed by atoms with Gasteiger partial charge in [0.1, 0.15) is 23.9 Å². The fourth-order valence-electron chi connectivity index (χ4n) is 3.69. The van der Waals surface area contributed by atoms with E-state index in [4.69, 9.17) is 5.73 Å². The number of pyridine rings is 1. The first kappa shape index (κ1) is 22.1. The smallest absolute Gasteiger partial charge is 0.382 e. The van der Waals surface area contributed by atoms with E-state index in [-0.39, 0.29) is 11.4 Å². The number of aryl methyl sites for hydroxylation is 1. The van der Waals surface area contributed by atoms with Crippen LogP contribution in [0.3, 0.4) is 0 Å². The molecule has 0 aliphatic carbocycles. The van der Waals surface area contributed by atoms with E-state index in [0.29, 0.717) is 33.9 Å². The Kier molecular flexibility index (Phi) is 5.23. The molecule has 0 radical (unpaired) electrons. The first-order chi connectivity index (χ1) is 16.7. The summed E-state index contributed by atoms with van der Waals surface area (Å²) in [7, 11) is 0. The minimum atomic E-state index is -4.55. The molecule has 5 aromatic rings. The molecule has 35 heavy (non-hydrogen) atoms. The molecule has 0 atom stereocenters. The van der Waals surface area contributed by atoms with Gasteiger partial charge in [-0.05, 0) is 36.2 Å². The van der Waals surface area contributed by atoms with E-state index in [1.54, 1.807) is 30.5 Å². The summed E-state index contributed by atoms with van der Waals surface area (Å²) in [5, 5.41) is 9.07. The number of carbonyl (C=O) groups is 1. The van der Waals surface area contributed by atoms with Crippen molar-refractivity contribution in [3.63, 3.8) is 0 Å². The fraction of sp³-hybridized carbons (Fsp3) is 0.136. The molecule has 0 spiro atoms. The van der Waals surface area contributed by atoms with E-state index < -0.39 is 18.6 Å². The summed E-state index contributed by atoms with van der Waals surface area (Å²) in [5.74, 6) is -0.336. The lowest BCUT2D eigenvalue weighted by Crippen LogP contribution is -2.33. The molecule has 1 aromatic carbocycles. The van der Waals surface area contributed by atoms with Gasteiger partial charge in [-0.25, -0.2) is 19.5 Å². The molecule has 1 amide bonds. The van der Waals surface area contributed by atoms with E-state index in [9.17, 15) is 18.0 Å². The number of anilines is 3. The zero-order valence-electron chi connectivity index (χ0n) is 18.2. The summed E-state index contributed by atoms with van der Waals surface area (Å²) in [5.41, 5.74) is 10.2. The largest absolute Gasteiger partial charge is 0.405 e. The highest BCUT2D eigenvalue weighted by atomic mass is 19.4. The van der Waals surface area contributed by atoms with Crippen molar-refractivity contribution in [3.8, 4) is 11.1 Å². The SMILES string of the molecule is Cc1cnc2[nH]c(Nc3ccc(-c4c(C(=O)NCC(F)(F)F)cn5ncnc(N)c45)cc3)nc2c1. The van der Waals surface area contributed by atoms with Crippen molar-refractivity contribution in [2.45, 2.75) is 13.1 Å². The van der Waals surface area contributed by atoms with Crippen molar-refractivity contribution in [3.05, 3.63) is 60.2 Å². The van der Waals surface area contributed by atoms with Crippen LogP contribution in [0.25, 0.3) is 27.8 Å². The number of carbonyl (C=O) groups excluding carboxylic acids is 1. The molecule has 0 aliphatic rings. The van der Waals surface area contributed by atoms with Gasteiger partial charge in [0.25, 0.3) is 5.91 Å². The maximum atomic E-state index is 12.7. The number of fused-ring (bicyclic) bond motifs is 2. The lowest BCUT2D eigenvalue weighted by molar-refractivity contribution is -0.123. The Morgan fingerprint density at radius 3 is 2.71 bits per heavy atom. The Labute approximate surface area is 195 Å². The molecule has 0 saturated carbocycles. The minimum absolute atomic E-state index is 0.0131. The number of H-pyrrole nitrogens is 1. The second-order valence-electron chi connectivity index (χ2n) is 7.82. The molecule has 178 valence electrons.